The van der Waals surface area contributed by atoms with Crippen molar-refractivity contribution >= 4 is 34.1 Å². The first-order chi connectivity index (χ1) is 20.9. The molecule has 0 aliphatic heterocycles. The van der Waals surface area contributed by atoms with Crippen LogP contribution in [-0.2, 0) is 18.0 Å². The molecule has 5 aromatic carbocycles. The average Bonchev–Trinajstić information content (AvgIpc) is 3.03. The molecule has 8 heteroatoms. The fraction of sp³-hybridized carbons (Fsp3) is 0.0857. The normalized spacial score (nSPS) is 11.0. The minimum Gasteiger partial charge on any atom is -0.489 e. The number of nitro groups is 1. The number of amides is 1. The van der Waals surface area contributed by atoms with Crippen molar-refractivity contribution in [3.05, 3.63) is 147 Å². The fourth-order valence-electron chi connectivity index (χ4n) is 4.40. The number of rotatable bonds is 10. The van der Waals surface area contributed by atoms with E-state index in [9.17, 15) is 20.2 Å². The second-order valence-corrected chi connectivity index (χ2v) is 9.83. The molecule has 1 amide bonds. The highest BCUT2D eigenvalue weighted by molar-refractivity contribution is 6.11. The molecule has 0 atom stereocenters. The Bertz CT molecular complexity index is 1840. The molecule has 0 heterocycles. The van der Waals surface area contributed by atoms with Gasteiger partial charge in [0.25, 0.3) is 11.6 Å². The standard InChI is InChI=1S/C35H27N3O5/c1-24-6-8-25(9-7-24)22-42-31-17-13-29(14-18-31)37-35(39)28(21-36)20-33-32-5-3-2-4-27(32)12-19-34(33)43-23-26-10-15-30(16-11-26)38(40)41/h2-20H,22-23H2,1H3,(H,37,39)/b28-20+. The molecule has 0 saturated carbocycles. The highest BCUT2D eigenvalue weighted by Gasteiger charge is 2.15. The third-order valence-electron chi connectivity index (χ3n) is 6.76. The second kappa shape index (κ2) is 13.1. The van der Waals surface area contributed by atoms with Crippen LogP contribution in [0.2, 0.25) is 0 Å². The monoisotopic (exact) mass is 569 g/mol. The number of nitro benzene ring substituents is 1. The summed E-state index contributed by atoms with van der Waals surface area (Å²) in [6.07, 6.45) is 1.52. The number of nitrogens with one attached hydrogen (secondary N) is 1. The van der Waals surface area contributed by atoms with Gasteiger partial charge in [-0.25, -0.2) is 0 Å². The lowest BCUT2D eigenvalue weighted by Crippen LogP contribution is -2.13. The van der Waals surface area contributed by atoms with Crippen molar-refractivity contribution in [3.8, 4) is 17.6 Å². The second-order valence-electron chi connectivity index (χ2n) is 9.83. The summed E-state index contributed by atoms with van der Waals surface area (Å²) in [5.41, 5.74) is 3.95. The van der Waals surface area contributed by atoms with Gasteiger partial charge in [0.15, 0.2) is 0 Å². The van der Waals surface area contributed by atoms with Crippen molar-refractivity contribution in [1.29, 1.82) is 5.26 Å². The number of non-ortho nitro benzene ring substituents is 1. The number of benzene rings is 5. The number of nitriles is 1. The largest absolute Gasteiger partial charge is 0.489 e. The Hall–Kier alpha value is -5.94. The van der Waals surface area contributed by atoms with Gasteiger partial charge in [0, 0.05) is 23.4 Å². The van der Waals surface area contributed by atoms with Crippen LogP contribution in [0.25, 0.3) is 16.8 Å². The smallest absolute Gasteiger partial charge is 0.269 e. The Balaban J connectivity index is 1.32. The van der Waals surface area contributed by atoms with E-state index in [1.165, 1.54) is 23.8 Å². The first-order valence-corrected chi connectivity index (χ1v) is 13.5. The molecule has 0 aliphatic rings. The van der Waals surface area contributed by atoms with Gasteiger partial charge >= 0.3 is 0 Å². The molecule has 0 fully saturated rings. The summed E-state index contributed by atoms with van der Waals surface area (Å²) in [6.45, 7) is 2.60. The average molecular weight is 570 g/mol. The predicted molar refractivity (Wildman–Crippen MR) is 166 cm³/mol. The third-order valence-corrected chi connectivity index (χ3v) is 6.76. The lowest BCUT2D eigenvalue weighted by Gasteiger charge is -2.13. The molecule has 0 aliphatic carbocycles. The van der Waals surface area contributed by atoms with Crippen LogP contribution >= 0.6 is 0 Å². The SMILES string of the molecule is Cc1ccc(COc2ccc(NC(=O)/C(C#N)=C/c3c(OCc4ccc([N+](=O)[O-])cc4)ccc4ccccc34)cc2)cc1. The molecule has 0 unspecified atom stereocenters. The van der Waals surface area contributed by atoms with Gasteiger partial charge < -0.3 is 14.8 Å². The number of aryl methyl sites for hydroxylation is 1. The van der Waals surface area contributed by atoms with Crippen LogP contribution in [0.15, 0.2) is 115 Å². The Morgan fingerprint density at radius 2 is 1.51 bits per heavy atom. The zero-order valence-electron chi connectivity index (χ0n) is 23.3. The van der Waals surface area contributed by atoms with Crippen molar-refractivity contribution in [1.82, 2.24) is 0 Å². The summed E-state index contributed by atoms with van der Waals surface area (Å²) in [5.74, 6) is 0.554. The number of hydrogen-bond donors (Lipinski definition) is 1. The van der Waals surface area contributed by atoms with Gasteiger partial charge in [-0.05, 0) is 77.4 Å². The van der Waals surface area contributed by atoms with Crippen LogP contribution in [0.5, 0.6) is 11.5 Å². The summed E-state index contributed by atoms with van der Waals surface area (Å²) in [7, 11) is 0. The predicted octanol–water partition coefficient (Wildman–Crippen LogP) is 7.76. The summed E-state index contributed by atoms with van der Waals surface area (Å²) < 4.78 is 11.9. The molecule has 8 nitrogen and oxygen atoms in total. The van der Waals surface area contributed by atoms with E-state index in [2.05, 4.69) is 5.32 Å². The first kappa shape index (κ1) is 28.6. The summed E-state index contributed by atoms with van der Waals surface area (Å²) in [4.78, 5) is 23.7. The minimum atomic E-state index is -0.565. The van der Waals surface area contributed by atoms with Crippen LogP contribution in [-0.4, -0.2) is 10.8 Å². The number of anilines is 1. The van der Waals surface area contributed by atoms with E-state index in [1.807, 2.05) is 67.6 Å². The number of ether oxygens (including phenoxy) is 2. The molecule has 5 rings (SSSR count). The number of nitrogens with zero attached hydrogens (tertiary/aromatic N) is 2. The summed E-state index contributed by atoms with van der Waals surface area (Å²) in [5, 5.41) is 25.4. The molecule has 1 N–H and O–H groups in total. The zero-order chi connectivity index (χ0) is 30.2. The molecule has 43 heavy (non-hydrogen) atoms. The maximum Gasteiger partial charge on any atom is 0.269 e. The van der Waals surface area contributed by atoms with Crippen LogP contribution in [0.3, 0.4) is 0 Å². The number of carbonyl (C=O) groups excluding carboxylic acids is 1. The molecule has 0 saturated heterocycles. The Morgan fingerprint density at radius 3 is 2.19 bits per heavy atom. The molecular formula is C35H27N3O5. The topological polar surface area (TPSA) is 114 Å². The molecule has 0 radical (unpaired) electrons. The van der Waals surface area contributed by atoms with Crippen molar-refractivity contribution < 1.29 is 19.2 Å². The van der Waals surface area contributed by atoms with Crippen molar-refractivity contribution in [2.45, 2.75) is 20.1 Å². The van der Waals surface area contributed by atoms with E-state index >= 15 is 0 Å². The van der Waals surface area contributed by atoms with Crippen LogP contribution < -0.4 is 14.8 Å². The number of hydrogen-bond acceptors (Lipinski definition) is 6. The van der Waals surface area contributed by atoms with E-state index in [4.69, 9.17) is 9.47 Å². The highest BCUT2D eigenvalue weighted by Crippen LogP contribution is 2.31. The molecule has 0 bridgehead atoms. The maximum atomic E-state index is 13.2. The van der Waals surface area contributed by atoms with Gasteiger partial charge in [-0.1, -0.05) is 60.2 Å². The van der Waals surface area contributed by atoms with Gasteiger partial charge in [-0.3, -0.25) is 14.9 Å². The van der Waals surface area contributed by atoms with E-state index in [-0.39, 0.29) is 17.9 Å². The lowest BCUT2D eigenvalue weighted by atomic mass is 10.0. The van der Waals surface area contributed by atoms with Crippen LogP contribution in [0.4, 0.5) is 11.4 Å². The molecule has 0 spiro atoms. The zero-order valence-corrected chi connectivity index (χ0v) is 23.3. The van der Waals surface area contributed by atoms with Crippen LogP contribution in [0, 0.1) is 28.4 Å². The number of fused-ring (bicyclic) bond motifs is 1. The van der Waals surface area contributed by atoms with Crippen LogP contribution in [0.1, 0.15) is 22.3 Å². The van der Waals surface area contributed by atoms with E-state index in [0.29, 0.717) is 29.4 Å². The Kier molecular flexibility index (Phi) is 8.74. The van der Waals surface area contributed by atoms with Crippen molar-refractivity contribution in [2.24, 2.45) is 0 Å². The highest BCUT2D eigenvalue weighted by atomic mass is 16.6. The van der Waals surface area contributed by atoms with Gasteiger partial charge in [-0.15, -0.1) is 0 Å². The lowest BCUT2D eigenvalue weighted by molar-refractivity contribution is -0.384. The Morgan fingerprint density at radius 1 is 0.860 bits per heavy atom. The Labute approximate surface area is 248 Å². The van der Waals surface area contributed by atoms with E-state index in [1.54, 1.807) is 42.5 Å². The molecular weight excluding hydrogens is 542 g/mol. The number of carbonyl (C=O) groups is 1. The maximum absolute atomic E-state index is 13.2. The quantitative estimate of drug-likeness (QED) is 0.0796. The molecule has 212 valence electrons. The molecule has 0 aromatic heterocycles. The van der Waals surface area contributed by atoms with Gasteiger partial charge in [0.05, 0.1) is 4.92 Å². The van der Waals surface area contributed by atoms with Gasteiger partial charge in [0.2, 0.25) is 0 Å². The van der Waals surface area contributed by atoms with Crippen molar-refractivity contribution in [3.63, 3.8) is 0 Å². The van der Waals surface area contributed by atoms with Crippen molar-refractivity contribution in [2.75, 3.05) is 5.32 Å². The summed E-state index contributed by atoms with van der Waals surface area (Å²) >= 11 is 0. The summed E-state index contributed by atoms with van der Waals surface area (Å²) in [6, 6.07) is 34.4. The fourth-order valence-corrected chi connectivity index (χ4v) is 4.40. The first-order valence-electron chi connectivity index (χ1n) is 13.5. The van der Waals surface area contributed by atoms with E-state index < -0.39 is 10.8 Å². The molecule has 5 aromatic rings. The van der Waals surface area contributed by atoms with E-state index in [0.717, 1.165) is 21.9 Å². The minimum absolute atomic E-state index is 0.00725. The van der Waals surface area contributed by atoms with Gasteiger partial charge in [0.1, 0.15) is 36.4 Å². The van der Waals surface area contributed by atoms with Gasteiger partial charge in [-0.2, -0.15) is 5.26 Å². The third kappa shape index (κ3) is 7.23.